The highest BCUT2D eigenvalue weighted by atomic mass is 35.5. The SMILES string of the molecule is CC1CC(N)CCN1Cc1nnc(-c2ccccc2Cl)o1. The van der Waals surface area contributed by atoms with E-state index in [0.717, 1.165) is 24.9 Å². The molecule has 6 heteroatoms. The summed E-state index contributed by atoms with van der Waals surface area (Å²) in [5.74, 6) is 1.09. The molecule has 1 aromatic carbocycles. The number of nitrogens with zero attached hydrogens (tertiary/aromatic N) is 3. The van der Waals surface area contributed by atoms with Gasteiger partial charge in [0.2, 0.25) is 11.8 Å². The second kappa shape index (κ2) is 6.13. The van der Waals surface area contributed by atoms with Gasteiger partial charge >= 0.3 is 0 Å². The van der Waals surface area contributed by atoms with E-state index in [0.29, 0.717) is 35.4 Å². The van der Waals surface area contributed by atoms with Gasteiger partial charge in [0.05, 0.1) is 17.1 Å². The summed E-state index contributed by atoms with van der Waals surface area (Å²) in [5.41, 5.74) is 6.75. The molecule has 0 saturated carbocycles. The summed E-state index contributed by atoms with van der Waals surface area (Å²) in [6, 6.07) is 8.21. The van der Waals surface area contributed by atoms with Crippen molar-refractivity contribution in [3.05, 3.63) is 35.2 Å². The molecule has 2 N–H and O–H groups in total. The Morgan fingerprint density at radius 3 is 2.95 bits per heavy atom. The summed E-state index contributed by atoms with van der Waals surface area (Å²) in [5, 5.41) is 8.85. The number of aromatic nitrogens is 2. The Balaban J connectivity index is 1.72. The second-order valence-corrected chi connectivity index (χ2v) is 5.99. The van der Waals surface area contributed by atoms with Crippen LogP contribution in [0.5, 0.6) is 0 Å². The number of nitrogens with two attached hydrogens (primary N) is 1. The second-order valence-electron chi connectivity index (χ2n) is 5.58. The monoisotopic (exact) mass is 306 g/mol. The lowest BCUT2D eigenvalue weighted by molar-refractivity contribution is 0.128. The Bertz CT molecular complexity index is 615. The number of halogens is 1. The van der Waals surface area contributed by atoms with Crippen molar-refractivity contribution in [3.63, 3.8) is 0 Å². The minimum absolute atomic E-state index is 0.303. The van der Waals surface area contributed by atoms with Crippen LogP contribution in [0.4, 0.5) is 0 Å². The largest absolute Gasteiger partial charge is 0.419 e. The van der Waals surface area contributed by atoms with Crippen LogP contribution in [0.1, 0.15) is 25.7 Å². The van der Waals surface area contributed by atoms with Crippen LogP contribution in [0, 0.1) is 0 Å². The van der Waals surface area contributed by atoms with Crippen molar-refractivity contribution in [1.82, 2.24) is 15.1 Å². The Hall–Kier alpha value is -1.43. The van der Waals surface area contributed by atoms with Crippen molar-refractivity contribution in [2.45, 2.75) is 38.4 Å². The molecule has 3 rings (SSSR count). The predicted molar refractivity (Wildman–Crippen MR) is 81.8 cm³/mol. The molecule has 2 aromatic rings. The molecule has 0 amide bonds. The molecule has 1 saturated heterocycles. The summed E-state index contributed by atoms with van der Waals surface area (Å²) < 4.78 is 5.75. The fourth-order valence-corrected chi connectivity index (χ4v) is 2.94. The van der Waals surface area contributed by atoms with Crippen LogP contribution in [-0.2, 0) is 6.54 Å². The first-order chi connectivity index (χ1) is 10.1. The Labute approximate surface area is 129 Å². The van der Waals surface area contributed by atoms with E-state index in [1.807, 2.05) is 24.3 Å². The Kier molecular flexibility index (Phi) is 4.24. The van der Waals surface area contributed by atoms with E-state index < -0.39 is 0 Å². The van der Waals surface area contributed by atoms with E-state index in [4.69, 9.17) is 21.8 Å². The van der Waals surface area contributed by atoms with Gasteiger partial charge in [0, 0.05) is 18.6 Å². The van der Waals surface area contributed by atoms with Crippen molar-refractivity contribution in [2.75, 3.05) is 6.54 Å². The predicted octanol–water partition coefficient (Wildman–Crippen LogP) is 2.70. The molecular formula is C15H19ClN4O. The average Bonchev–Trinajstić information content (AvgIpc) is 2.91. The topological polar surface area (TPSA) is 68.2 Å². The zero-order chi connectivity index (χ0) is 14.8. The fraction of sp³-hybridized carbons (Fsp3) is 0.467. The first-order valence-electron chi connectivity index (χ1n) is 7.20. The summed E-state index contributed by atoms with van der Waals surface area (Å²) in [6.45, 7) is 3.81. The Morgan fingerprint density at radius 2 is 2.19 bits per heavy atom. The van der Waals surface area contributed by atoms with Gasteiger partial charge in [0.15, 0.2) is 0 Å². The van der Waals surface area contributed by atoms with Gasteiger partial charge in [-0.1, -0.05) is 23.7 Å². The smallest absolute Gasteiger partial charge is 0.249 e. The van der Waals surface area contributed by atoms with Gasteiger partial charge in [-0.25, -0.2) is 0 Å². The minimum atomic E-state index is 0.303. The number of hydrogen-bond acceptors (Lipinski definition) is 5. The number of hydrogen-bond donors (Lipinski definition) is 1. The molecule has 112 valence electrons. The van der Waals surface area contributed by atoms with E-state index in [-0.39, 0.29) is 0 Å². The molecule has 1 fully saturated rings. The van der Waals surface area contributed by atoms with Gasteiger partial charge in [0.25, 0.3) is 0 Å². The lowest BCUT2D eigenvalue weighted by atomic mass is 9.99. The summed E-state index contributed by atoms with van der Waals surface area (Å²) in [6.07, 6.45) is 2.02. The van der Waals surface area contributed by atoms with Gasteiger partial charge in [-0.15, -0.1) is 10.2 Å². The molecule has 0 bridgehead atoms. The van der Waals surface area contributed by atoms with Crippen LogP contribution >= 0.6 is 11.6 Å². The molecule has 0 aliphatic carbocycles. The van der Waals surface area contributed by atoms with Crippen LogP contribution < -0.4 is 5.73 Å². The average molecular weight is 307 g/mol. The first-order valence-corrected chi connectivity index (χ1v) is 7.58. The highest BCUT2D eigenvalue weighted by Gasteiger charge is 2.24. The molecule has 0 spiro atoms. The lowest BCUT2D eigenvalue weighted by Gasteiger charge is -2.35. The fourth-order valence-electron chi connectivity index (χ4n) is 2.73. The molecule has 21 heavy (non-hydrogen) atoms. The van der Waals surface area contributed by atoms with Crippen molar-refractivity contribution < 1.29 is 4.42 Å². The number of benzene rings is 1. The van der Waals surface area contributed by atoms with Crippen LogP contribution in [0.25, 0.3) is 11.5 Å². The number of likely N-dealkylation sites (tertiary alicyclic amines) is 1. The molecular weight excluding hydrogens is 288 g/mol. The van der Waals surface area contributed by atoms with Gasteiger partial charge in [0.1, 0.15) is 0 Å². The number of rotatable bonds is 3. The quantitative estimate of drug-likeness (QED) is 0.944. The minimum Gasteiger partial charge on any atom is -0.419 e. The van der Waals surface area contributed by atoms with Crippen LogP contribution in [0.2, 0.25) is 5.02 Å². The maximum atomic E-state index is 6.15. The van der Waals surface area contributed by atoms with Gasteiger partial charge in [-0.05, 0) is 31.9 Å². The van der Waals surface area contributed by atoms with E-state index in [1.54, 1.807) is 0 Å². The van der Waals surface area contributed by atoms with Crippen molar-refractivity contribution in [2.24, 2.45) is 5.73 Å². The van der Waals surface area contributed by atoms with Crippen molar-refractivity contribution in [1.29, 1.82) is 0 Å². The third-order valence-electron chi connectivity index (χ3n) is 3.96. The molecule has 1 aliphatic heterocycles. The van der Waals surface area contributed by atoms with Gasteiger partial charge in [-0.3, -0.25) is 4.90 Å². The highest BCUT2D eigenvalue weighted by molar-refractivity contribution is 6.33. The molecule has 2 heterocycles. The summed E-state index contributed by atoms with van der Waals surface area (Å²) in [4.78, 5) is 2.33. The zero-order valence-electron chi connectivity index (χ0n) is 12.0. The van der Waals surface area contributed by atoms with Crippen LogP contribution in [0.15, 0.2) is 28.7 Å². The third-order valence-corrected chi connectivity index (χ3v) is 4.29. The molecule has 1 aliphatic rings. The van der Waals surface area contributed by atoms with Crippen molar-refractivity contribution >= 4 is 11.6 Å². The standard InChI is InChI=1S/C15H19ClN4O/c1-10-8-11(17)6-7-20(10)9-14-18-19-15(21-14)12-4-2-3-5-13(12)16/h2-5,10-11H,6-9,17H2,1H3. The normalized spacial score (nSPS) is 23.4. The Morgan fingerprint density at radius 1 is 1.38 bits per heavy atom. The van der Waals surface area contributed by atoms with E-state index in [2.05, 4.69) is 22.0 Å². The first kappa shape index (κ1) is 14.5. The van der Waals surface area contributed by atoms with Crippen molar-refractivity contribution in [3.8, 4) is 11.5 Å². The van der Waals surface area contributed by atoms with E-state index in [9.17, 15) is 0 Å². The molecule has 2 unspecified atom stereocenters. The van der Waals surface area contributed by atoms with Crippen LogP contribution in [-0.4, -0.2) is 33.7 Å². The maximum Gasteiger partial charge on any atom is 0.249 e. The summed E-state index contributed by atoms with van der Waals surface area (Å²) >= 11 is 6.15. The van der Waals surface area contributed by atoms with Gasteiger partial charge in [-0.2, -0.15) is 0 Å². The molecule has 0 radical (unpaired) electrons. The molecule has 5 nitrogen and oxygen atoms in total. The van der Waals surface area contributed by atoms with Crippen LogP contribution in [0.3, 0.4) is 0 Å². The summed E-state index contributed by atoms with van der Waals surface area (Å²) in [7, 11) is 0. The molecule has 2 atom stereocenters. The van der Waals surface area contributed by atoms with E-state index in [1.165, 1.54) is 0 Å². The highest BCUT2D eigenvalue weighted by Crippen LogP contribution is 2.27. The zero-order valence-corrected chi connectivity index (χ0v) is 12.8. The number of piperidine rings is 1. The third kappa shape index (κ3) is 3.26. The molecule has 1 aromatic heterocycles. The lowest BCUT2D eigenvalue weighted by Crippen LogP contribution is -2.45. The van der Waals surface area contributed by atoms with E-state index >= 15 is 0 Å². The van der Waals surface area contributed by atoms with Gasteiger partial charge < -0.3 is 10.2 Å². The maximum absolute atomic E-state index is 6.15.